The Morgan fingerprint density at radius 1 is 0.440 bits per heavy atom. The van der Waals surface area contributed by atoms with Crippen LogP contribution in [-0.2, 0) is 23.7 Å². The summed E-state index contributed by atoms with van der Waals surface area (Å²) in [5.74, 6) is -0.247. The minimum Gasteiger partial charge on any atom is -0.394 e. The molecule has 2 saturated heterocycles. The van der Waals surface area contributed by atoms with E-state index in [-0.39, 0.29) is 18.9 Å². The van der Waals surface area contributed by atoms with Gasteiger partial charge in [0.1, 0.15) is 48.8 Å². The van der Waals surface area contributed by atoms with Gasteiger partial charge in [-0.3, -0.25) is 4.79 Å². The molecule has 0 aromatic heterocycles. The van der Waals surface area contributed by atoms with Crippen LogP contribution in [0.25, 0.3) is 0 Å². The van der Waals surface area contributed by atoms with Crippen LogP contribution in [0.3, 0.4) is 0 Å². The van der Waals surface area contributed by atoms with E-state index in [1.165, 1.54) is 180 Å². The molecule has 0 bridgehead atoms. The van der Waals surface area contributed by atoms with Gasteiger partial charge < -0.3 is 65.1 Å². The largest absolute Gasteiger partial charge is 0.394 e. The summed E-state index contributed by atoms with van der Waals surface area (Å²) in [5, 5.41) is 87.1. The molecular weight excluding hydrogens is 1060 g/mol. The van der Waals surface area contributed by atoms with Crippen molar-refractivity contribution in [2.24, 2.45) is 0 Å². The monoisotopic (exact) mass is 1190 g/mol. The van der Waals surface area contributed by atoms with E-state index >= 15 is 0 Å². The first-order valence-electron chi connectivity index (χ1n) is 34.2. The molecule has 14 heteroatoms. The number of hydrogen-bond donors (Lipinski definition) is 9. The molecule has 0 spiro atoms. The molecule has 2 fully saturated rings. The molecule has 14 nitrogen and oxygen atoms in total. The molecule has 1 amide bonds. The fourth-order valence-corrected chi connectivity index (χ4v) is 10.9. The molecule has 0 saturated carbocycles. The Kier molecular flexibility index (Phi) is 50.4. The molecule has 488 valence electrons. The Labute approximate surface area is 510 Å². The second-order valence-electron chi connectivity index (χ2n) is 23.9. The van der Waals surface area contributed by atoms with E-state index in [1.54, 1.807) is 6.08 Å². The highest BCUT2D eigenvalue weighted by atomic mass is 16.7. The van der Waals surface area contributed by atoms with E-state index in [0.717, 1.165) is 57.8 Å². The molecule has 2 aliphatic heterocycles. The van der Waals surface area contributed by atoms with E-state index < -0.39 is 86.8 Å². The average molecular weight is 1190 g/mol. The van der Waals surface area contributed by atoms with Crippen LogP contribution in [0.2, 0.25) is 0 Å². The van der Waals surface area contributed by atoms with Crippen molar-refractivity contribution in [3.63, 3.8) is 0 Å². The summed E-state index contributed by atoms with van der Waals surface area (Å²) < 4.78 is 22.8. The van der Waals surface area contributed by atoms with Gasteiger partial charge in [-0.25, -0.2) is 0 Å². The van der Waals surface area contributed by atoms with Crippen molar-refractivity contribution in [1.82, 2.24) is 5.32 Å². The number of amides is 1. The number of unbranched alkanes of at least 4 members (excludes halogenated alkanes) is 32. The number of nitrogens with one attached hydrogen (secondary N) is 1. The zero-order valence-corrected chi connectivity index (χ0v) is 52.9. The molecule has 12 unspecified atom stereocenters. The van der Waals surface area contributed by atoms with E-state index in [2.05, 4.69) is 79.9 Å². The fraction of sp³-hybridized carbons (Fsp3) is 0.814. The molecule has 0 aromatic rings. The first kappa shape index (κ1) is 77.5. The molecule has 0 aliphatic carbocycles. The molecule has 0 radical (unpaired) electrons. The summed E-state index contributed by atoms with van der Waals surface area (Å²) in [6, 6.07) is -0.931. The highest BCUT2D eigenvalue weighted by Gasteiger charge is 2.51. The number of hydrogen-bond acceptors (Lipinski definition) is 13. The van der Waals surface area contributed by atoms with Gasteiger partial charge in [0.05, 0.1) is 32.0 Å². The van der Waals surface area contributed by atoms with Gasteiger partial charge in [0.25, 0.3) is 0 Å². The molecule has 2 heterocycles. The van der Waals surface area contributed by atoms with Crippen molar-refractivity contribution in [1.29, 1.82) is 0 Å². The number of carbonyl (C=O) groups is 1. The molecular formula is C70H125NO13. The lowest BCUT2D eigenvalue weighted by Crippen LogP contribution is -2.65. The third kappa shape index (κ3) is 38.7. The van der Waals surface area contributed by atoms with Crippen molar-refractivity contribution in [2.45, 2.75) is 344 Å². The highest BCUT2D eigenvalue weighted by Crippen LogP contribution is 2.30. The summed E-state index contributed by atoms with van der Waals surface area (Å²) in [7, 11) is 0. The van der Waals surface area contributed by atoms with Crippen LogP contribution < -0.4 is 5.32 Å². The number of aliphatic hydroxyl groups excluding tert-OH is 8. The Morgan fingerprint density at radius 2 is 0.833 bits per heavy atom. The molecule has 2 aliphatic rings. The van der Waals surface area contributed by atoms with Gasteiger partial charge in [0.15, 0.2) is 12.6 Å². The van der Waals surface area contributed by atoms with Gasteiger partial charge in [-0.2, -0.15) is 0 Å². The van der Waals surface area contributed by atoms with Crippen LogP contribution in [-0.4, -0.2) is 140 Å². The number of carbonyl (C=O) groups excluding carboxylic acids is 1. The molecule has 9 N–H and O–H groups in total. The molecule has 12 atom stereocenters. The van der Waals surface area contributed by atoms with Crippen molar-refractivity contribution >= 4 is 5.91 Å². The summed E-state index contributed by atoms with van der Waals surface area (Å²) in [6.07, 6.45) is 57.0. The fourth-order valence-electron chi connectivity index (χ4n) is 10.9. The molecule has 0 aromatic carbocycles. The van der Waals surface area contributed by atoms with E-state index in [0.29, 0.717) is 12.8 Å². The zero-order valence-electron chi connectivity index (χ0n) is 52.9. The SMILES string of the molecule is CC/C=C\C/C=C\C/C=C\C/C=C\CCCCCCCCCCCCCCCCCCCCCCCCCCC(=O)NC(COC1OC(CO)C(OC2OC(CO)C(O)C(O)C2O)C(O)C1O)C(O)/C=C/CC/C=C/CCCCCCCCC. The summed E-state index contributed by atoms with van der Waals surface area (Å²) in [6.45, 7) is 2.66. The maximum Gasteiger partial charge on any atom is 0.220 e. The highest BCUT2D eigenvalue weighted by molar-refractivity contribution is 5.76. The zero-order chi connectivity index (χ0) is 60.9. The van der Waals surface area contributed by atoms with E-state index in [9.17, 15) is 45.6 Å². The topological polar surface area (TPSA) is 228 Å². The van der Waals surface area contributed by atoms with Crippen molar-refractivity contribution in [3.8, 4) is 0 Å². The van der Waals surface area contributed by atoms with Gasteiger partial charge in [-0.15, -0.1) is 0 Å². The quantitative estimate of drug-likeness (QED) is 0.0204. The number of allylic oxidation sites excluding steroid dienone is 11. The normalized spacial score (nSPS) is 24.1. The molecule has 84 heavy (non-hydrogen) atoms. The van der Waals surface area contributed by atoms with Crippen LogP contribution in [0.15, 0.2) is 72.9 Å². The smallest absolute Gasteiger partial charge is 0.220 e. The van der Waals surface area contributed by atoms with Crippen molar-refractivity contribution in [2.75, 3.05) is 19.8 Å². The lowest BCUT2D eigenvalue weighted by molar-refractivity contribution is -0.359. The predicted octanol–water partition coefficient (Wildman–Crippen LogP) is 13.5. The maximum absolute atomic E-state index is 13.3. The van der Waals surface area contributed by atoms with Crippen LogP contribution in [0, 0.1) is 0 Å². The average Bonchev–Trinajstić information content (AvgIpc) is 2.58. The number of aliphatic hydroxyl groups is 8. The third-order valence-electron chi connectivity index (χ3n) is 16.4. The Morgan fingerprint density at radius 3 is 1.31 bits per heavy atom. The minimum atomic E-state index is -1.79. The minimum absolute atomic E-state index is 0.247. The van der Waals surface area contributed by atoms with Gasteiger partial charge in [0.2, 0.25) is 5.91 Å². The van der Waals surface area contributed by atoms with Crippen molar-refractivity contribution in [3.05, 3.63) is 72.9 Å². The first-order chi connectivity index (χ1) is 41.1. The second kappa shape index (κ2) is 54.6. The summed E-state index contributed by atoms with van der Waals surface area (Å²) >= 11 is 0. The standard InChI is InChI=1S/C70H125NO13/c1-3-5-7-9-11-13-15-17-18-19-20-21-22-23-24-25-26-27-28-29-30-31-32-33-34-35-36-37-38-39-40-42-44-46-48-50-52-54-62(75)71-58(59(74)53-51-49-47-45-43-41-16-14-12-10-8-6-4-2)57-81-69-67(80)65(78)68(61(56-73)83-69)84-70-66(79)64(77)63(76)60(55-72)82-70/h5,7,11,13,17-18,20-21,43,45,51,53,58-61,63-70,72-74,76-80H,3-4,6,8-10,12,14-16,19,22-42,44,46-50,52,54-57H2,1-2H3,(H,71,75)/b7-5-,13-11-,18-17-,21-20-,45-43+,53-51+. The van der Waals surface area contributed by atoms with Gasteiger partial charge in [0, 0.05) is 6.42 Å². The van der Waals surface area contributed by atoms with Gasteiger partial charge in [-0.1, -0.05) is 267 Å². The number of rotatable bonds is 55. The first-order valence-corrected chi connectivity index (χ1v) is 34.2. The van der Waals surface area contributed by atoms with Crippen molar-refractivity contribution < 1.29 is 64.6 Å². The van der Waals surface area contributed by atoms with Crippen LogP contribution in [0.5, 0.6) is 0 Å². The predicted molar refractivity (Wildman–Crippen MR) is 341 cm³/mol. The maximum atomic E-state index is 13.3. The Balaban J connectivity index is 1.58. The van der Waals surface area contributed by atoms with E-state index in [1.807, 2.05) is 6.08 Å². The Hall–Kier alpha value is -2.57. The number of ether oxygens (including phenoxy) is 4. The third-order valence-corrected chi connectivity index (χ3v) is 16.4. The Bertz CT molecular complexity index is 1690. The van der Waals surface area contributed by atoms with E-state index in [4.69, 9.17) is 18.9 Å². The second-order valence-corrected chi connectivity index (χ2v) is 23.9. The van der Waals surface area contributed by atoms with Crippen LogP contribution >= 0.6 is 0 Å². The van der Waals surface area contributed by atoms with Gasteiger partial charge >= 0.3 is 0 Å². The summed E-state index contributed by atoms with van der Waals surface area (Å²) in [5.41, 5.74) is 0. The van der Waals surface area contributed by atoms with Crippen LogP contribution in [0.4, 0.5) is 0 Å². The molecule has 2 rings (SSSR count). The van der Waals surface area contributed by atoms with Crippen LogP contribution in [0.1, 0.15) is 271 Å². The van der Waals surface area contributed by atoms with Gasteiger partial charge in [-0.05, 0) is 70.6 Å². The lowest BCUT2D eigenvalue weighted by Gasteiger charge is -2.46. The lowest BCUT2D eigenvalue weighted by atomic mass is 9.97. The summed E-state index contributed by atoms with van der Waals surface area (Å²) in [4.78, 5) is 13.3.